The van der Waals surface area contributed by atoms with Crippen molar-refractivity contribution in [3.63, 3.8) is 0 Å². The Morgan fingerprint density at radius 1 is 1.28 bits per heavy atom. The molecule has 0 unspecified atom stereocenters. The maximum absolute atomic E-state index is 11.9. The van der Waals surface area contributed by atoms with E-state index in [1.165, 1.54) is 0 Å². The first-order chi connectivity index (χ1) is 8.68. The average molecular weight is 306 g/mol. The Bertz CT molecular complexity index is 572. The average Bonchev–Trinajstić information content (AvgIpc) is 2.38. The van der Waals surface area contributed by atoms with Gasteiger partial charge in [0.2, 0.25) is 0 Å². The third-order valence-corrected chi connectivity index (χ3v) is 3.15. The van der Waals surface area contributed by atoms with Gasteiger partial charge in [-0.15, -0.1) is 0 Å². The van der Waals surface area contributed by atoms with Crippen LogP contribution in [0.15, 0.2) is 41.1 Å². The Balaban J connectivity index is 2.06. The van der Waals surface area contributed by atoms with Crippen LogP contribution < -0.4 is 5.32 Å². The molecule has 1 N–H and O–H groups in total. The molecule has 0 saturated heterocycles. The van der Waals surface area contributed by atoms with E-state index in [1.54, 1.807) is 24.5 Å². The van der Waals surface area contributed by atoms with E-state index in [4.69, 9.17) is 0 Å². The van der Waals surface area contributed by atoms with Crippen molar-refractivity contribution in [2.75, 3.05) is 0 Å². The van der Waals surface area contributed by atoms with Gasteiger partial charge in [-0.05, 0) is 46.6 Å². The standard InChI is InChI=1S/C13H12BrN3O/c1-9-4-2-6-15-11(9)8-17-13(18)12-10(14)5-3-7-16-12/h2-7H,8H2,1H3,(H,17,18). The van der Waals surface area contributed by atoms with Crippen LogP contribution in [0.1, 0.15) is 21.7 Å². The van der Waals surface area contributed by atoms with Crippen LogP contribution in [0.3, 0.4) is 0 Å². The van der Waals surface area contributed by atoms with Crippen LogP contribution in [0, 0.1) is 6.92 Å². The van der Waals surface area contributed by atoms with Crippen LogP contribution in [0.2, 0.25) is 0 Å². The predicted molar refractivity (Wildman–Crippen MR) is 72.1 cm³/mol. The fraction of sp³-hybridized carbons (Fsp3) is 0.154. The number of aromatic nitrogens is 2. The Morgan fingerprint density at radius 3 is 2.72 bits per heavy atom. The fourth-order valence-corrected chi connectivity index (χ4v) is 1.94. The van der Waals surface area contributed by atoms with Gasteiger partial charge in [0.15, 0.2) is 0 Å². The van der Waals surface area contributed by atoms with Crippen LogP contribution in [0.25, 0.3) is 0 Å². The van der Waals surface area contributed by atoms with Gasteiger partial charge in [0, 0.05) is 16.9 Å². The summed E-state index contributed by atoms with van der Waals surface area (Å²) in [5.74, 6) is -0.215. The normalized spacial score (nSPS) is 10.1. The van der Waals surface area contributed by atoms with Crippen LogP contribution >= 0.6 is 15.9 Å². The van der Waals surface area contributed by atoms with Crippen molar-refractivity contribution in [1.29, 1.82) is 0 Å². The maximum atomic E-state index is 11.9. The molecule has 5 heteroatoms. The van der Waals surface area contributed by atoms with Crippen molar-refractivity contribution in [1.82, 2.24) is 15.3 Å². The molecule has 0 atom stereocenters. The molecule has 2 rings (SSSR count). The topological polar surface area (TPSA) is 54.9 Å². The second-order valence-corrected chi connectivity index (χ2v) is 4.64. The molecule has 18 heavy (non-hydrogen) atoms. The number of carbonyl (C=O) groups excluding carboxylic acids is 1. The Hall–Kier alpha value is -1.75. The van der Waals surface area contributed by atoms with Crippen LogP contribution in [-0.4, -0.2) is 15.9 Å². The number of amides is 1. The maximum Gasteiger partial charge on any atom is 0.271 e. The van der Waals surface area contributed by atoms with E-state index in [2.05, 4.69) is 31.2 Å². The largest absolute Gasteiger partial charge is 0.345 e. The molecule has 4 nitrogen and oxygen atoms in total. The Kier molecular flexibility index (Phi) is 4.04. The first-order valence-corrected chi connectivity index (χ1v) is 6.27. The number of nitrogens with zero attached hydrogens (tertiary/aromatic N) is 2. The highest BCUT2D eigenvalue weighted by molar-refractivity contribution is 9.10. The number of hydrogen-bond donors (Lipinski definition) is 1. The van der Waals surface area contributed by atoms with Crippen LogP contribution in [0.4, 0.5) is 0 Å². The third kappa shape index (κ3) is 2.92. The molecule has 0 fully saturated rings. The lowest BCUT2D eigenvalue weighted by Crippen LogP contribution is -2.25. The summed E-state index contributed by atoms with van der Waals surface area (Å²) < 4.78 is 0.681. The molecule has 2 aromatic heterocycles. The second-order valence-electron chi connectivity index (χ2n) is 3.78. The molecule has 0 saturated carbocycles. The lowest BCUT2D eigenvalue weighted by molar-refractivity contribution is 0.0944. The summed E-state index contributed by atoms with van der Waals surface area (Å²) in [6, 6.07) is 7.39. The number of rotatable bonds is 3. The van der Waals surface area contributed by atoms with Crippen LogP contribution in [-0.2, 0) is 6.54 Å². The highest BCUT2D eigenvalue weighted by Gasteiger charge is 2.11. The molecule has 0 bridgehead atoms. The molecule has 0 aliphatic heterocycles. The summed E-state index contributed by atoms with van der Waals surface area (Å²) >= 11 is 3.30. The summed E-state index contributed by atoms with van der Waals surface area (Å²) in [7, 11) is 0. The number of aryl methyl sites for hydroxylation is 1. The number of hydrogen-bond acceptors (Lipinski definition) is 3. The van der Waals surface area contributed by atoms with Gasteiger partial charge in [0.1, 0.15) is 5.69 Å². The van der Waals surface area contributed by atoms with Crippen molar-refractivity contribution < 1.29 is 4.79 Å². The molecule has 0 aliphatic rings. The van der Waals surface area contributed by atoms with Gasteiger partial charge in [0.25, 0.3) is 5.91 Å². The Morgan fingerprint density at radius 2 is 2.00 bits per heavy atom. The van der Waals surface area contributed by atoms with E-state index in [9.17, 15) is 4.79 Å². The van der Waals surface area contributed by atoms with Gasteiger partial charge in [-0.1, -0.05) is 6.07 Å². The van der Waals surface area contributed by atoms with Gasteiger partial charge >= 0.3 is 0 Å². The van der Waals surface area contributed by atoms with Crippen molar-refractivity contribution >= 4 is 21.8 Å². The predicted octanol–water partition coefficient (Wildman–Crippen LogP) is 2.48. The summed E-state index contributed by atoms with van der Waals surface area (Å²) in [5, 5.41) is 2.80. The highest BCUT2D eigenvalue weighted by atomic mass is 79.9. The number of pyridine rings is 2. The van der Waals surface area contributed by atoms with E-state index in [0.29, 0.717) is 16.7 Å². The lowest BCUT2D eigenvalue weighted by Gasteiger charge is -2.07. The molecule has 0 spiro atoms. The zero-order valence-electron chi connectivity index (χ0n) is 9.85. The minimum atomic E-state index is -0.215. The van der Waals surface area contributed by atoms with E-state index in [1.807, 2.05) is 19.1 Å². The van der Waals surface area contributed by atoms with Crippen molar-refractivity contribution in [3.8, 4) is 0 Å². The molecular formula is C13H12BrN3O. The number of nitrogens with one attached hydrogen (secondary N) is 1. The zero-order chi connectivity index (χ0) is 13.0. The van der Waals surface area contributed by atoms with E-state index in [-0.39, 0.29) is 5.91 Å². The molecule has 0 aromatic carbocycles. The smallest absolute Gasteiger partial charge is 0.271 e. The Labute approximate surface area is 114 Å². The first-order valence-electron chi connectivity index (χ1n) is 5.47. The van der Waals surface area contributed by atoms with Crippen molar-refractivity contribution in [3.05, 3.63) is 58.1 Å². The molecule has 2 aromatic rings. The molecular weight excluding hydrogens is 294 g/mol. The molecule has 0 aliphatic carbocycles. The van der Waals surface area contributed by atoms with Gasteiger partial charge in [0.05, 0.1) is 12.2 Å². The first kappa shape index (κ1) is 12.7. The fourth-order valence-electron chi connectivity index (χ4n) is 1.50. The van der Waals surface area contributed by atoms with E-state index >= 15 is 0 Å². The molecule has 92 valence electrons. The minimum Gasteiger partial charge on any atom is -0.345 e. The molecule has 1 amide bonds. The zero-order valence-corrected chi connectivity index (χ0v) is 11.4. The monoisotopic (exact) mass is 305 g/mol. The number of carbonyl (C=O) groups is 1. The van der Waals surface area contributed by atoms with E-state index < -0.39 is 0 Å². The molecule has 0 radical (unpaired) electrons. The van der Waals surface area contributed by atoms with Gasteiger partial charge in [-0.2, -0.15) is 0 Å². The van der Waals surface area contributed by atoms with Crippen molar-refractivity contribution in [2.24, 2.45) is 0 Å². The molecule has 2 heterocycles. The summed E-state index contributed by atoms with van der Waals surface area (Å²) in [4.78, 5) is 20.2. The second kappa shape index (κ2) is 5.73. The SMILES string of the molecule is Cc1cccnc1CNC(=O)c1ncccc1Br. The summed E-state index contributed by atoms with van der Waals surface area (Å²) in [6.07, 6.45) is 3.30. The van der Waals surface area contributed by atoms with Gasteiger partial charge < -0.3 is 5.32 Å². The number of halogens is 1. The van der Waals surface area contributed by atoms with Crippen LogP contribution in [0.5, 0.6) is 0 Å². The quantitative estimate of drug-likeness (QED) is 0.948. The van der Waals surface area contributed by atoms with Gasteiger partial charge in [-0.3, -0.25) is 9.78 Å². The minimum absolute atomic E-state index is 0.215. The van der Waals surface area contributed by atoms with E-state index in [0.717, 1.165) is 11.3 Å². The lowest BCUT2D eigenvalue weighted by atomic mass is 10.2. The highest BCUT2D eigenvalue weighted by Crippen LogP contribution is 2.13. The third-order valence-electron chi connectivity index (χ3n) is 2.51. The summed E-state index contributed by atoms with van der Waals surface area (Å²) in [6.45, 7) is 2.36. The summed E-state index contributed by atoms with van der Waals surface area (Å²) in [5.41, 5.74) is 2.29. The van der Waals surface area contributed by atoms with Crippen molar-refractivity contribution in [2.45, 2.75) is 13.5 Å². The van der Waals surface area contributed by atoms with Gasteiger partial charge in [-0.25, -0.2) is 4.98 Å².